The molecule has 118 valence electrons. The van der Waals surface area contributed by atoms with Gasteiger partial charge < -0.3 is 5.84 Å². The maximum atomic E-state index is 12.8. The van der Waals surface area contributed by atoms with Crippen LogP contribution in [0.1, 0.15) is 11.3 Å². The number of nitrogens with two attached hydrogens (primary N) is 1. The summed E-state index contributed by atoms with van der Waals surface area (Å²) in [4.78, 5) is 0. The second-order valence-electron chi connectivity index (χ2n) is 4.41. The molecule has 2 nitrogen and oxygen atoms in total. The molecule has 0 aliphatic carbocycles. The first-order valence-electron chi connectivity index (χ1n) is 5.77. The van der Waals surface area contributed by atoms with E-state index in [9.17, 15) is 26.3 Å². The van der Waals surface area contributed by atoms with Crippen LogP contribution in [0.3, 0.4) is 0 Å². The maximum absolute atomic E-state index is 12.8. The molecule has 0 aliphatic heterocycles. The van der Waals surface area contributed by atoms with E-state index in [1.165, 1.54) is 6.07 Å². The fraction of sp³-hybridized carbons (Fsp3) is 0.154. The predicted molar refractivity (Wildman–Crippen MR) is 70.9 cm³/mol. The van der Waals surface area contributed by atoms with Crippen LogP contribution in [0.5, 0.6) is 0 Å². The highest BCUT2D eigenvalue weighted by Crippen LogP contribution is 2.34. The molecule has 0 amide bonds. The number of aromatic nitrogens is 1. The third-order valence-electron chi connectivity index (χ3n) is 2.90. The largest absolute Gasteiger partial charge is 0.433 e. The zero-order valence-corrected chi connectivity index (χ0v) is 11.5. The molecule has 0 unspecified atom stereocenters. The summed E-state index contributed by atoms with van der Waals surface area (Å²) in [5, 5.41) is 0. The van der Waals surface area contributed by atoms with Crippen LogP contribution in [0, 0.1) is 4.64 Å². The first-order chi connectivity index (χ1) is 10.00. The lowest BCUT2D eigenvalue weighted by atomic mass is 10.0. The Morgan fingerprint density at radius 2 is 1.36 bits per heavy atom. The normalized spacial score (nSPS) is 12.5. The zero-order valence-electron chi connectivity index (χ0n) is 10.7. The fourth-order valence-electron chi connectivity index (χ4n) is 1.82. The standard InChI is InChI=1S/C13H8F6N2S/c14-12(15,16)9-3-1-7(2-4-9)8-5-10(13(17,18)19)21(20)11(22)6-8/h1-6H,20H2. The lowest BCUT2D eigenvalue weighted by Crippen LogP contribution is -2.22. The molecule has 0 fully saturated rings. The first kappa shape index (κ1) is 16.3. The van der Waals surface area contributed by atoms with Crippen molar-refractivity contribution in [3.63, 3.8) is 0 Å². The van der Waals surface area contributed by atoms with Gasteiger partial charge in [0.25, 0.3) is 0 Å². The molecule has 22 heavy (non-hydrogen) atoms. The average Bonchev–Trinajstić information content (AvgIpc) is 2.39. The minimum Gasteiger partial charge on any atom is -0.338 e. The molecule has 0 saturated heterocycles. The van der Waals surface area contributed by atoms with Crippen molar-refractivity contribution in [3.8, 4) is 11.1 Å². The molecular weight excluding hydrogens is 330 g/mol. The van der Waals surface area contributed by atoms with Gasteiger partial charge in [-0.15, -0.1) is 0 Å². The molecular formula is C13H8F6N2S. The van der Waals surface area contributed by atoms with E-state index in [4.69, 9.17) is 18.1 Å². The van der Waals surface area contributed by atoms with Crippen LogP contribution < -0.4 is 5.84 Å². The Balaban J connectivity index is 2.54. The molecule has 0 aliphatic rings. The highest BCUT2D eigenvalue weighted by molar-refractivity contribution is 7.71. The van der Waals surface area contributed by atoms with Gasteiger partial charge in [0.2, 0.25) is 0 Å². The van der Waals surface area contributed by atoms with Crippen molar-refractivity contribution in [1.82, 2.24) is 4.68 Å². The number of halogens is 6. The Kier molecular flexibility index (Phi) is 3.94. The van der Waals surface area contributed by atoms with Gasteiger partial charge in [0.15, 0.2) is 0 Å². The monoisotopic (exact) mass is 338 g/mol. The van der Waals surface area contributed by atoms with Crippen molar-refractivity contribution >= 4 is 12.2 Å². The quantitative estimate of drug-likeness (QED) is 0.467. The van der Waals surface area contributed by atoms with Crippen LogP contribution in [-0.4, -0.2) is 4.68 Å². The van der Waals surface area contributed by atoms with Gasteiger partial charge in [-0.1, -0.05) is 24.4 Å². The summed E-state index contributed by atoms with van der Waals surface area (Å²) >= 11 is 4.74. The molecule has 2 N–H and O–H groups in total. The van der Waals surface area contributed by atoms with Crippen LogP contribution in [0.2, 0.25) is 0 Å². The Morgan fingerprint density at radius 3 is 1.82 bits per heavy atom. The minimum absolute atomic E-state index is 0.0350. The van der Waals surface area contributed by atoms with E-state index in [2.05, 4.69) is 0 Å². The van der Waals surface area contributed by atoms with Gasteiger partial charge in [-0.25, -0.2) is 4.68 Å². The number of pyridine rings is 1. The number of hydrogen-bond acceptors (Lipinski definition) is 2. The second-order valence-corrected chi connectivity index (χ2v) is 4.83. The highest BCUT2D eigenvalue weighted by Gasteiger charge is 2.34. The number of hydrogen-bond donors (Lipinski definition) is 1. The number of alkyl halides is 6. The molecule has 9 heteroatoms. The molecule has 0 atom stereocenters. The molecule has 1 aromatic carbocycles. The summed E-state index contributed by atoms with van der Waals surface area (Å²) in [6.07, 6.45) is -9.25. The minimum atomic E-state index is -4.73. The molecule has 0 saturated carbocycles. The topological polar surface area (TPSA) is 30.9 Å². The van der Waals surface area contributed by atoms with Gasteiger partial charge in [0.1, 0.15) is 10.3 Å². The number of nitrogen functional groups attached to an aromatic ring is 1. The van der Waals surface area contributed by atoms with Crippen LogP contribution in [0.15, 0.2) is 36.4 Å². The molecule has 1 heterocycles. The van der Waals surface area contributed by atoms with E-state index in [-0.39, 0.29) is 15.8 Å². The van der Waals surface area contributed by atoms with Crippen molar-refractivity contribution in [2.75, 3.05) is 5.84 Å². The Hall–Kier alpha value is -2.03. The van der Waals surface area contributed by atoms with E-state index >= 15 is 0 Å². The number of rotatable bonds is 1. The van der Waals surface area contributed by atoms with E-state index in [0.717, 1.165) is 30.3 Å². The van der Waals surface area contributed by atoms with Gasteiger partial charge in [-0.2, -0.15) is 26.3 Å². The third-order valence-corrected chi connectivity index (χ3v) is 3.22. The van der Waals surface area contributed by atoms with Gasteiger partial charge in [-0.05, 0) is 35.4 Å². The summed E-state index contributed by atoms with van der Waals surface area (Å²) in [5.74, 6) is 5.24. The third kappa shape index (κ3) is 3.24. The number of benzene rings is 1. The highest BCUT2D eigenvalue weighted by atomic mass is 32.1. The molecule has 0 radical (unpaired) electrons. The van der Waals surface area contributed by atoms with Crippen molar-refractivity contribution < 1.29 is 26.3 Å². The van der Waals surface area contributed by atoms with E-state index in [0.29, 0.717) is 4.68 Å². The van der Waals surface area contributed by atoms with Gasteiger partial charge in [0, 0.05) is 0 Å². The van der Waals surface area contributed by atoms with Crippen molar-refractivity contribution in [3.05, 3.63) is 52.3 Å². The molecule has 2 aromatic rings. The van der Waals surface area contributed by atoms with E-state index in [1.54, 1.807) is 0 Å². The maximum Gasteiger partial charge on any atom is 0.433 e. The van der Waals surface area contributed by atoms with Crippen LogP contribution in [0.25, 0.3) is 11.1 Å². The zero-order chi connectivity index (χ0) is 16.7. The Bertz CT molecular complexity index is 743. The van der Waals surface area contributed by atoms with Crippen molar-refractivity contribution in [1.29, 1.82) is 0 Å². The summed E-state index contributed by atoms with van der Waals surface area (Å²) < 4.78 is 76.0. The SMILES string of the molecule is Nn1c(C(F)(F)F)cc(-c2ccc(C(F)(F)F)cc2)cc1=S. The molecule has 0 spiro atoms. The summed E-state index contributed by atoms with van der Waals surface area (Å²) in [5.41, 5.74) is -1.87. The number of nitrogens with zero attached hydrogens (tertiary/aromatic N) is 1. The Morgan fingerprint density at radius 1 is 0.818 bits per heavy atom. The second kappa shape index (κ2) is 5.31. The lowest BCUT2D eigenvalue weighted by molar-refractivity contribution is -0.143. The Labute approximate surface area is 125 Å². The predicted octanol–water partition coefficient (Wildman–Crippen LogP) is 4.64. The van der Waals surface area contributed by atoms with Gasteiger partial charge >= 0.3 is 12.4 Å². The lowest BCUT2D eigenvalue weighted by Gasteiger charge is -2.14. The summed E-state index contributed by atoms with van der Waals surface area (Å²) in [6, 6.07) is 5.65. The van der Waals surface area contributed by atoms with Crippen LogP contribution >= 0.6 is 12.2 Å². The van der Waals surface area contributed by atoms with Crippen LogP contribution in [0.4, 0.5) is 26.3 Å². The fourth-order valence-corrected chi connectivity index (χ4v) is 2.04. The summed E-state index contributed by atoms with van der Waals surface area (Å²) in [6.45, 7) is 0. The first-order valence-corrected chi connectivity index (χ1v) is 6.18. The van der Waals surface area contributed by atoms with E-state index in [1.807, 2.05) is 0 Å². The molecule has 0 bridgehead atoms. The van der Waals surface area contributed by atoms with Crippen molar-refractivity contribution in [2.24, 2.45) is 0 Å². The smallest absolute Gasteiger partial charge is 0.338 e. The van der Waals surface area contributed by atoms with Crippen LogP contribution in [-0.2, 0) is 12.4 Å². The van der Waals surface area contributed by atoms with E-state index < -0.39 is 23.6 Å². The molecule has 2 rings (SSSR count). The van der Waals surface area contributed by atoms with Gasteiger partial charge in [-0.3, -0.25) is 0 Å². The van der Waals surface area contributed by atoms with Crippen molar-refractivity contribution in [2.45, 2.75) is 12.4 Å². The van der Waals surface area contributed by atoms with Gasteiger partial charge in [0.05, 0.1) is 5.56 Å². The average molecular weight is 338 g/mol. The molecule has 1 aromatic heterocycles. The summed E-state index contributed by atoms with van der Waals surface area (Å²) in [7, 11) is 0.